The molecule has 0 unspecified atom stereocenters. The minimum atomic E-state index is -0.833. The van der Waals surface area contributed by atoms with Gasteiger partial charge in [0.2, 0.25) is 0 Å². The number of aliphatic carboxylic acids is 2. The zero-order valence-corrected chi connectivity index (χ0v) is 8.89. The van der Waals surface area contributed by atoms with Gasteiger partial charge in [0.05, 0.1) is 0 Å². The van der Waals surface area contributed by atoms with Crippen LogP contribution in [0.4, 0.5) is 0 Å². The molecule has 0 spiro atoms. The van der Waals surface area contributed by atoms with Crippen LogP contribution in [0.2, 0.25) is 0 Å². The van der Waals surface area contributed by atoms with Gasteiger partial charge in [-0.15, -0.1) is 0 Å². The second kappa shape index (κ2) is 11.2. The first-order valence-corrected chi connectivity index (χ1v) is 1.86. The van der Waals surface area contributed by atoms with Crippen molar-refractivity contribution in [2.24, 2.45) is 0 Å². The Hall–Kier alpha value is 0.421. The molecule has 0 aromatic carbocycles. The summed E-state index contributed by atoms with van der Waals surface area (Å²) in [6.45, 7) is 2.17. The van der Waals surface area contributed by atoms with Crippen molar-refractivity contribution < 1.29 is 19.8 Å². The molecule has 0 amide bonds. The van der Waals surface area contributed by atoms with Crippen LogP contribution in [0, 0.1) is 0 Å². The van der Waals surface area contributed by atoms with Crippen molar-refractivity contribution in [2.45, 2.75) is 13.8 Å². The van der Waals surface area contributed by atoms with Gasteiger partial charge in [-0.3, -0.25) is 9.59 Å². The van der Waals surface area contributed by atoms with E-state index in [0.29, 0.717) is 0 Å². The minimum absolute atomic E-state index is 0. The molecule has 0 aromatic rings. The maximum Gasteiger partial charge on any atom is 0.300 e. The first-order valence-electron chi connectivity index (χ1n) is 1.86. The van der Waals surface area contributed by atoms with Crippen molar-refractivity contribution in [3.8, 4) is 0 Å². The smallest absolute Gasteiger partial charge is 0.300 e. The first kappa shape index (κ1) is 16.2. The fourth-order valence-corrected chi connectivity index (χ4v) is 0. The molecule has 0 aliphatic heterocycles. The van der Waals surface area contributed by atoms with Crippen LogP contribution in [-0.4, -0.2) is 67.6 Å². The number of carbonyl (C=O) groups is 2. The maximum absolute atomic E-state index is 9.00. The quantitative estimate of drug-likeness (QED) is 0.540. The van der Waals surface area contributed by atoms with Crippen LogP contribution in [0.5, 0.6) is 0 Å². The van der Waals surface area contributed by atoms with Crippen LogP contribution in [0.15, 0.2) is 0 Å². The molecule has 9 heavy (non-hydrogen) atoms. The van der Waals surface area contributed by atoms with E-state index in [2.05, 4.69) is 0 Å². The van der Waals surface area contributed by atoms with E-state index in [1.807, 2.05) is 0 Å². The molecule has 2 radical (unpaired) electrons. The summed E-state index contributed by atoms with van der Waals surface area (Å²) in [6, 6.07) is 0. The van der Waals surface area contributed by atoms with Crippen LogP contribution in [0.1, 0.15) is 13.8 Å². The monoisotopic (exact) mass is 208 g/mol. The van der Waals surface area contributed by atoms with E-state index >= 15 is 0 Å². The van der Waals surface area contributed by atoms with Crippen LogP contribution >= 0.6 is 0 Å². The van der Waals surface area contributed by atoms with Gasteiger partial charge in [-0.05, 0) is 0 Å². The molecular formula is C4H8O4Sr. The summed E-state index contributed by atoms with van der Waals surface area (Å²) < 4.78 is 0. The number of carboxylic acid groups (broad SMARTS) is 2. The molecule has 0 heterocycles. The molecule has 0 aromatic heterocycles. The molecule has 0 fully saturated rings. The fourth-order valence-electron chi connectivity index (χ4n) is 0. The van der Waals surface area contributed by atoms with Gasteiger partial charge >= 0.3 is 0 Å². The Morgan fingerprint density at radius 1 is 1.00 bits per heavy atom. The molecule has 0 saturated heterocycles. The summed E-state index contributed by atoms with van der Waals surface area (Å²) in [6.07, 6.45) is 0. The molecule has 0 saturated carbocycles. The Bertz CT molecular complexity index is 70.6. The Balaban J connectivity index is -0.0000000720. The molecule has 0 rings (SSSR count). The molecule has 0 atom stereocenters. The van der Waals surface area contributed by atoms with E-state index in [9.17, 15) is 0 Å². The predicted molar refractivity (Wildman–Crippen MR) is 32.4 cm³/mol. The van der Waals surface area contributed by atoms with Gasteiger partial charge in [0.25, 0.3) is 11.9 Å². The third kappa shape index (κ3) is 1960. The second-order valence-corrected chi connectivity index (χ2v) is 1.04. The number of rotatable bonds is 0. The van der Waals surface area contributed by atoms with Crippen LogP contribution in [-0.2, 0) is 9.59 Å². The van der Waals surface area contributed by atoms with Crippen molar-refractivity contribution in [1.82, 2.24) is 0 Å². The molecule has 50 valence electrons. The Kier molecular flexibility index (Phi) is 20.3. The normalized spacial score (nSPS) is 5.56. The summed E-state index contributed by atoms with van der Waals surface area (Å²) in [4.78, 5) is 18.0. The standard InChI is InChI=1S/2C2H4O2.Sr/c2*1-2(3)4;/h2*1H3,(H,3,4);. The van der Waals surface area contributed by atoms with Crippen LogP contribution in [0.25, 0.3) is 0 Å². The van der Waals surface area contributed by atoms with Crippen molar-refractivity contribution in [3.05, 3.63) is 0 Å². The van der Waals surface area contributed by atoms with Crippen molar-refractivity contribution >= 4 is 57.4 Å². The third-order valence-electron chi connectivity index (χ3n) is 0. The molecule has 0 aliphatic carbocycles. The zero-order chi connectivity index (χ0) is 7.15. The largest absolute Gasteiger partial charge is 0.481 e. The number of hydrogen-bond donors (Lipinski definition) is 2. The van der Waals surface area contributed by atoms with Gasteiger partial charge in [-0.25, -0.2) is 0 Å². The van der Waals surface area contributed by atoms with E-state index in [-0.39, 0.29) is 45.5 Å². The van der Waals surface area contributed by atoms with Crippen molar-refractivity contribution in [1.29, 1.82) is 0 Å². The van der Waals surface area contributed by atoms with E-state index in [1.54, 1.807) is 0 Å². The van der Waals surface area contributed by atoms with Gasteiger partial charge in [-0.2, -0.15) is 0 Å². The number of carboxylic acids is 2. The maximum atomic E-state index is 9.00. The summed E-state index contributed by atoms with van der Waals surface area (Å²) in [5, 5.41) is 14.8. The Morgan fingerprint density at radius 2 is 1.00 bits per heavy atom. The van der Waals surface area contributed by atoms with Crippen LogP contribution in [0.3, 0.4) is 0 Å². The van der Waals surface area contributed by atoms with Crippen molar-refractivity contribution in [3.63, 3.8) is 0 Å². The molecule has 0 aliphatic rings. The van der Waals surface area contributed by atoms with Gasteiger partial charge in [0, 0.05) is 59.3 Å². The topological polar surface area (TPSA) is 74.6 Å². The van der Waals surface area contributed by atoms with Crippen LogP contribution < -0.4 is 0 Å². The fraction of sp³-hybridized carbons (Fsp3) is 0.500. The average Bonchev–Trinajstić information content (AvgIpc) is 1.25. The van der Waals surface area contributed by atoms with E-state index in [1.165, 1.54) is 0 Å². The van der Waals surface area contributed by atoms with Gasteiger partial charge < -0.3 is 10.2 Å². The SMILES string of the molecule is CC(=O)O.CC(=O)O.[Sr]. The van der Waals surface area contributed by atoms with E-state index in [4.69, 9.17) is 19.8 Å². The summed E-state index contributed by atoms with van der Waals surface area (Å²) in [7, 11) is 0. The molecule has 5 heteroatoms. The van der Waals surface area contributed by atoms with E-state index in [0.717, 1.165) is 13.8 Å². The molecule has 2 N–H and O–H groups in total. The summed E-state index contributed by atoms with van der Waals surface area (Å²) >= 11 is 0. The first-order chi connectivity index (χ1) is 3.46. The third-order valence-corrected chi connectivity index (χ3v) is 0. The van der Waals surface area contributed by atoms with Crippen molar-refractivity contribution in [2.75, 3.05) is 0 Å². The minimum Gasteiger partial charge on any atom is -0.481 e. The predicted octanol–water partition coefficient (Wildman–Crippen LogP) is -0.199. The number of hydrogen-bond acceptors (Lipinski definition) is 2. The zero-order valence-electron chi connectivity index (χ0n) is 5.42. The molecule has 0 bridgehead atoms. The Labute approximate surface area is 90.1 Å². The van der Waals surface area contributed by atoms with Gasteiger partial charge in [0.15, 0.2) is 0 Å². The van der Waals surface area contributed by atoms with E-state index < -0.39 is 11.9 Å². The molecular weight excluding hydrogens is 200 g/mol. The van der Waals surface area contributed by atoms with Gasteiger partial charge in [0.1, 0.15) is 0 Å². The second-order valence-electron chi connectivity index (χ2n) is 1.04. The average molecular weight is 208 g/mol. The summed E-state index contributed by atoms with van der Waals surface area (Å²) in [5.74, 6) is -1.67. The summed E-state index contributed by atoms with van der Waals surface area (Å²) in [5.41, 5.74) is 0. The molecule has 4 nitrogen and oxygen atoms in total. The van der Waals surface area contributed by atoms with Gasteiger partial charge in [-0.1, -0.05) is 0 Å². The Morgan fingerprint density at radius 3 is 1.00 bits per heavy atom.